The Bertz CT molecular complexity index is 953. The van der Waals surface area contributed by atoms with E-state index in [1.54, 1.807) is 38.5 Å². The first-order valence-electron chi connectivity index (χ1n) is 10.1. The van der Waals surface area contributed by atoms with Gasteiger partial charge < -0.3 is 24.5 Å². The minimum absolute atomic E-state index is 0.183. The summed E-state index contributed by atoms with van der Waals surface area (Å²) >= 11 is 0. The third-order valence-electron chi connectivity index (χ3n) is 5.06. The van der Waals surface area contributed by atoms with E-state index in [1.165, 1.54) is 6.20 Å². The minimum Gasteiger partial charge on any atom is -0.497 e. The van der Waals surface area contributed by atoms with Gasteiger partial charge in [0.15, 0.2) is 0 Å². The second-order valence-electron chi connectivity index (χ2n) is 8.51. The van der Waals surface area contributed by atoms with Gasteiger partial charge in [-0.15, -0.1) is 0 Å². The van der Waals surface area contributed by atoms with Gasteiger partial charge in [-0.3, -0.25) is 9.69 Å². The van der Waals surface area contributed by atoms with E-state index in [9.17, 15) is 14.7 Å². The lowest BCUT2D eigenvalue weighted by Crippen LogP contribution is -2.55. The highest BCUT2D eigenvalue weighted by atomic mass is 16.6. The summed E-state index contributed by atoms with van der Waals surface area (Å²) in [5.74, 6) is 0.660. The van der Waals surface area contributed by atoms with Gasteiger partial charge in [-0.05, 0) is 39.3 Å². The largest absolute Gasteiger partial charge is 0.497 e. The number of likely N-dealkylation sites (tertiary alicyclic amines) is 1. The fourth-order valence-corrected chi connectivity index (χ4v) is 3.57. The van der Waals surface area contributed by atoms with Crippen LogP contribution in [-0.2, 0) is 11.3 Å². The topological polar surface area (TPSA) is 106 Å². The molecule has 164 valence electrons. The molecule has 1 fully saturated rings. The molecule has 2 N–H and O–H groups in total. The van der Waals surface area contributed by atoms with Gasteiger partial charge in [0.25, 0.3) is 5.56 Å². The molecule has 9 heteroatoms. The summed E-state index contributed by atoms with van der Waals surface area (Å²) in [5, 5.41) is 13.2. The molecule has 1 aromatic carbocycles. The monoisotopic (exact) mass is 418 g/mol. The smallest absolute Gasteiger partial charge is 0.407 e. The van der Waals surface area contributed by atoms with Gasteiger partial charge in [-0.1, -0.05) is 0 Å². The van der Waals surface area contributed by atoms with Crippen LogP contribution in [0.15, 0.2) is 29.2 Å². The quantitative estimate of drug-likeness (QED) is 0.755. The van der Waals surface area contributed by atoms with Gasteiger partial charge in [0.2, 0.25) is 0 Å². The van der Waals surface area contributed by atoms with Crippen molar-refractivity contribution >= 4 is 17.1 Å². The first-order chi connectivity index (χ1) is 14.2. The number of nitrogens with one attached hydrogen (secondary N) is 1. The van der Waals surface area contributed by atoms with E-state index in [0.717, 1.165) is 5.52 Å². The highest BCUT2D eigenvalue weighted by Crippen LogP contribution is 2.18. The molecule has 1 aromatic heterocycles. The van der Waals surface area contributed by atoms with Gasteiger partial charge in [0.1, 0.15) is 11.4 Å². The Morgan fingerprint density at radius 1 is 1.33 bits per heavy atom. The maximum atomic E-state index is 12.4. The van der Waals surface area contributed by atoms with Gasteiger partial charge in [-0.2, -0.15) is 0 Å². The predicted octanol–water partition coefficient (Wildman–Crippen LogP) is 1.36. The summed E-state index contributed by atoms with van der Waals surface area (Å²) in [5.41, 5.74) is 0.663. The van der Waals surface area contributed by atoms with E-state index in [-0.39, 0.29) is 11.6 Å². The fraction of sp³-hybridized carbons (Fsp3) is 0.571. The summed E-state index contributed by atoms with van der Waals surface area (Å²) < 4.78 is 12.2. The molecular weight excluding hydrogens is 388 g/mol. The number of hydrogen-bond acceptors (Lipinski definition) is 7. The van der Waals surface area contributed by atoms with E-state index in [0.29, 0.717) is 43.9 Å². The van der Waals surface area contributed by atoms with Crippen molar-refractivity contribution in [1.29, 1.82) is 0 Å². The lowest BCUT2D eigenvalue weighted by molar-refractivity contribution is 0.0194. The van der Waals surface area contributed by atoms with E-state index < -0.39 is 17.8 Å². The van der Waals surface area contributed by atoms with Crippen LogP contribution in [0.5, 0.6) is 5.75 Å². The number of methoxy groups -OCH3 is 1. The lowest BCUT2D eigenvalue weighted by atomic mass is 10.0. The predicted molar refractivity (Wildman–Crippen MR) is 113 cm³/mol. The molecule has 9 nitrogen and oxygen atoms in total. The average Bonchev–Trinajstić information content (AvgIpc) is 2.67. The Morgan fingerprint density at radius 2 is 2.10 bits per heavy atom. The van der Waals surface area contributed by atoms with Gasteiger partial charge >= 0.3 is 6.09 Å². The maximum Gasteiger partial charge on any atom is 0.407 e. The Morgan fingerprint density at radius 3 is 2.77 bits per heavy atom. The number of fused-ring (bicyclic) bond motifs is 1. The molecule has 0 saturated carbocycles. The van der Waals surface area contributed by atoms with Crippen LogP contribution in [-0.4, -0.2) is 70.1 Å². The number of aliphatic hydroxyl groups excluding tert-OH is 1. The summed E-state index contributed by atoms with van der Waals surface area (Å²) in [6.07, 6.45) is 0.682. The summed E-state index contributed by atoms with van der Waals surface area (Å²) in [6.45, 7) is 7.54. The fourth-order valence-electron chi connectivity index (χ4n) is 3.57. The molecule has 1 aliphatic heterocycles. The van der Waals surface area contributed by atoms with E-state index >= 15 is 0 Å². The summed E-state index contributed by atoms with van der Waals surface area (Å²) in [6, 6.07) is 5.07. The Balaban J connectivity index is 1.61. The van der Waals surface area contributed by atoms with E-state index in [1.807, 2.05) is 12.1 Å². The molecule has 2 aromatic rings. The van der Waals surface area contributed by atoms with Crippen LogP contribution < -0.4 is 15.6 Å². The highest BCUT2D eigenvalue weighted by molar-refractivity contribution is 5.76. The number of piperidine rings is 1. The molecule has 0 spiro atoms. The number of ether oxygens (including phenoxy) is 2. The van der Waals surface area contributed by atoms with Crippen molar-refractivity contribution in [1.82, 2.24) is 19.8 Å². The highest BCUT2D eigenvalue weighted by Gasteiger charge is 2.30. The van der Waals surface area contributed by atoms with Crippen LogP contribution in [0.25, 0.3) is 11.0 Å². The van der Waals surface area contributed by atoms with Crippen molar-refractivity contribution in [2.24, 2.45) is 0 Å². The first kappa shape index (κ1) is 22.0. The zero-order valence-electron chi connectivity index (χ0n) is 17.9. The third kappa shape index (κ3) is 5.48. The standard InChI is InChI=1S/C21H30N4O5/c1-21(2,3)30-20(28)23-16-7-8-24(13-18(16)26)9-10-25-17-11-14(29-4)5-6-15(17)22-12-19(25)27/h5-6,11-12,16,18,26H,7-10,13H2,1-4H3,(H,23,28)/t16-,18-/m0/s1. The van der Waals surface area contributed by atoms with Crippen LogP contribution in [0, 0.1) is 0 Å². The molecule has 2 heterocycles. The van der Waals surface area contributed by atoms with Gasteiger partial charge in [0.05, 0.1) is 36.5 Å². The van der Waals surface area contributed by atoms with Crippen LogP contribution >= 0.6 is 0 Å². The maximum absolute atomic E-state index is 12.4. The zero-order valence-corrected chi connectivity index (χ0v) is 17.9. The van der Waals surface area contributed by atoms with Crippen molar-refractivity contribution in [2.45, 2.75) is 51.5 Å². The van der Waals surface area contributed by atoms with Gasteiger partial charge in [0, 0.05) is 32.2 Å². The molecule has 0 unspecified atom stereocenters. The molecule has 3 rings (SSSR count). The normalized spacial score (nSPS) is 20.2. The lowest BCUT2D eigenvalue weighted by Gasteiger charge is -2.36. The minimum atomic E-state index is -0.711. The second kappa shape index (κ2) is 9.01. The number of rotatable bonds is 5. The van der Waals surface area contributed by atoms with Crippen molar-refractivity contribution in [3.8, 4) is 5.75 Å². The first-order valence-corrected chi connectivity index (χ1v) is 10.1. The number of carbonyl (C=O) groups excluding carboxylic acids is 1. The molecule has 30 heavy (non-hydrogen) atoms. The molecule has 2 atom stereocenters. The summed E-state index contributed by atoms with van der Waals surface area (Å²) in [4.78, 5) is 30.6. The van der Waals surface area contributed by atoms with Crippen molar-refractivity contribution in [3.05, 3.63) is 34.7 Å². The van der Waals surface area contributed by atoms with Crippen molar-refractivity contribution in [2.75, 3.05) is 26.7 Å². The average molecular weight is 418 g/mol. The molecule has 0 bridgehead atoms. The number of hydrogen-bond donors (Lipinski definition) is 2. The number of β-amino-alcohol motifs (C(OH)–C–C–N with tert-alkyl or cyclic N) is 1. The number of aliphatic hydroxyl groups is 1. The summed E-state index contributed by atoms with van der Waals surface area (Å²) in [7, 11) is 1.58. The zero-order chi connectivity index (χ0) is 21.9. The van der Waals surface area contributed by atoms with Gasteiger partial charge in [-0.25, -0.2) is 9.78 Å². The number of nitrogens with zero attached hydrogens (tertiary/aromatic N) is 3. The molecule has 0 radical (unpaired) electrons. The number of alkyl carbamates (subject to hydrolysis) is 1. The molecule has 1 aliphatic rings. The molecular formula is C21H30N4O5. The van der Waals surface area contributed by atoms with Crippen molar-refractivity contribution < 1.29 is 19.4 Å². The Labute approximate surface area is 175 Å². The second-order valence-corrected chi connectivity index (χ2v) is 8.51. The van der Waals surface area contributed by atoms with E-state index in [4.69, 9.17) is 9.47 Å². The number of benzene rings is 1. The van der Waals surface area contributed by atoms with Crippen LogP contribution in [0.3, 0.4) is 0 Å². The molecule has 1 saturated heterocycles. The number of carbonyl (C=O) groups is 1. The van der Waals surface area contributed by atoms with Crippen LogP contribution in [0.1, 0.15) is 27.2 Å². The van der Waals surface area contributed by atoms with Crippen LogP contribution in [0.2, 0.25) is 0 Å². The SMILES string of the molecule is COc1ccc2ncc(=O)n(CCN3CC[C@H](NC(=O)OC(C)(C)C)[C@@H](O)C3)c2c1. The third-order valence-corrected chi connectivity index (χ3v) is 5.06. The number of amides is 1. The Kier molecular flexibility index (Phi) is 6.62. The molecule has 1 amide bonds. The Hall–Kier alpha value is -2.65. The number of aromatic nitrogens is 2. The van der Waals surface area contributed by atoms with Crippen LogP contribution in [0.4, 0.5) is 4.79 Å². The van der Waals surface area contributed by atoms with E-state index in [2.05, 4.69) is 15.2 Å². The van der Waals surface area contributed by atoms with Crippen molar-refractivity contribution in [3.63, 3.8) is 0 Å². The molecule has 0 aliphatic carbocycles.